The van der Waals surface area contributed by atoms with Gasteiger partial charge < -0.3 is 5.32 Å². The third-order valence-corrected chi connectivity index (χ3v) is 2.18. The van der Waals surface area contributed by atoms with Crippen LogP contribution in [0.15, 0.2) is 24.2 Å². The number of aromatic nitrogens is 1. The van der Waals surface area contributed by atoms with Crippen LogP contribution in [0.1, 0.15) is 19.0 Å². The second-order valence-electron chi connectivity index (χ2n) is 3.07. The zero-order chi connectivity index (χ0) is 9.26. The molecule has 0 amide bonds. The van der Waals surface area contributed by atoms with Crippen molar-refractivity contribution >= 4 is 11.8 Å². The van der Waals surface area contributed by atoms with Gasteiger partial charge in [0.2, 0.25) is 0 Å². The van der Waals surface area contributed by atoms with Crippen LogP contribution >= 0.6 is 0 Å². The molecule has 1 aliphatic rings. The first-order valence-corrected chi connectivity index (χ1v) is 4.40. The van der Waals surface area contributed by atoms with Crippen LogP contribution in [0.4, 0.5) is 10.1 Å². The Bertz CT molecular complexity index is 347. The first-order valence-electron chi connectivity index (χ1n) is 4.40. The molecule has 0 spiro atoms. The molecule has 1 aromatic rings. The molecule has 0 saturated carbocycles. The second-order valence-corrected chi connectivity index (χ2v) is 3.07. The topological polar surface area (TPSA) is 24.9 Å². The average Bonchev–Trinajstić information content (AvgIpc) is 2.17. The van der Waals surface area contributed by atoms with Gasteiger partial charge >= 0.3 is 0 Å². The number of pyridine rings is 1. The van der Waals surface area contributed by atoms with Crippen LogP contribution in [0.2, 0.25) is 0 Å². The molecule has 1 aliphatic heterocycles. The molecule has 68 valence electrons. The van der Waals surface area contributed by atoms with Crippen molar-refractivity contribution < 1.29 is 4.39 Å². The largest absolute Gasteiger partial charge is 0.374 e. The van der Waals surface area contributed by atoms with Crippen molar-refractivity contribution in [3.63, 3.8) is 0 Å². The maximum atomic E-state index is 13.3. The smallest absolute Gasteiger partial charge is 0.124 e. The van der Waals surface area contributed by atoms with Gasteiger partial charge in [-0.2, -0.15) is 0 Å². The molecular formula is C10H11FN2. The Hall–Kier alpha value is -1.38. The van der Waals surface area contributed by atoms with Crippen LogP contribution in [-0.4, -0.2) is 11.0 Å². The first kappa shape index (κ1) is 8.23. The van der Waals surface area contributed by atoms with E-state index in [1.54, 1.807) is 6.20 Å². The van der Waals surface area contributed by atoms with Crippen LogP contribution < -0.4 is 5.32 Å². The molecule has 3 heteroatoms. The summed E-state index contributed by atoms with van der Waals surface area (Å²) in [4.78, 5) is 4.06. The lowest BCUT2D eigenvalue weighted by molar-refractivity contribution is 0.552. The Morgan fingerprint density at radius 1 is 1.62 bits per heavy atom. The Kier molecular flexibility index (Phi) is 2.00. The third-order valence-electron chi connectivity index (χ3n) is 2.18. The number of halogens is 1. The number of hydrogen-bond acceptors (Lipinski definition) is 2. The lowest BCUT2D eigenvalue weighted by atomic mass is 10.1. The van der Waals surface area contributed by atoms with Gasteiger partial charge in [-0.3, -0.25) is 4.98 Å². The molecule has 0 fully saturated rings. The van der Waals surface area contributed by atoms with E-state index in [0.717, 1.165) is 12.1 Å². The normalized spacial score (nSPS) is 20.2. The van der Waals surface area contributed by atoms with Gasteiger partial charge in [0.25, 0.3) is 0 Å². The molecule has 0 saturated heterocycles. The average molecular weight is 178 g/mol. The van der Waals surface area contributed by atoms with Gasteiger partial charge in [-0.15, -0.1) is 0 Å². The van der Waals surface area contributed by atoms with E-state index in [2.05, 4.69) is 10.3 Å². The second kappa shape index (κ2) is 3.17. The maximum Gasteiger partial charge on any atom is 0.124 e. The molecule has 2 rings (SSSR count). The molecule has 1 unspecified atom stereocenters. The van der Waals surface area contributed by atoms with Gasteiger partial charge in [-0.05, 0) is 24.6 Å². The summed E-state index contributed by atoms with van der Waals surface area (Å²) in [7, 11) is 0. The lowest BCUT2D eigenvalue weighted by Crippen LogP contribution is -2.22. The number of hydrogen-bond donors (Lipinski definition) is 1. The van der Waals surface area contributed by atoms with Gasteiger partial charge in [-0.1, -0.05) is 6.92 Å². The highest BCUT2D eigenvalue weighted by molar-refractivity contribution is 5.69. The van der Waals surface area contributed by atoms with Gasteiger partial charge in [0.1, 0.15) is 5.83 Å². The van der Waals surface area contributed by atoms with E-state index in [9.17, 15) is 4.39 Å². The summed E-state index contributed by atoms with van der Waals surface area (Å²) in [5.74, 6) is -0.131. The Balaban J connectivity index is 2.40. The summed E-state index contributed by atoms with van der Waals surface area (Å²) in [6.45, 7) is 1.95. The van der Waals surface area contributed by atoms with E-state index in [4.69, 9.17) is 0 Å². The van der Waals surface area contributed by atoms with Crippen LogP contribution in [0, 0.1) is 0 Å². The highest BCUT2D eigenvalue weighted by Crippen LogP contribution is 2.26. The Morgan fingerprint density at radius 2 is 2.46 bits per heavy atom. The van der Waals surface area contributed by atoms with Crippen LogP contribution in [0.3, 0.4) is 0 Å². The molecule has 1 N–H and O–H groups in total. The summed E-state index contributed by atoms with van der Waals surface area (Å²) in [5, 5.41) is 3.09. The van der Waals surface area contributed by atoms with Crippen molar-refractivity contribution in [3.8, 4) is 0 Å². The predicted octanol–water partition coefficient (Wildman–Crippen LogP) is 2.60. The lowest BCUT2D eigenvalue weighted by Gasteiger charge is -2.21. The minimum Gasteiger partial charge on any atom is -0.374 e. The number of anilines is 1. The summed E-state index contributed by atoms with van der Waals surface area (Å²) >= 11 is 0. The fraction of sp³-hybridized carbons (Fsp3) is 0.300. The summed E-state index contributed by atoms with van der Waals surface area (Å²) in [6, 6.07) is 3.57. The molecule has 2 heterocycles. The highest BCUT2D eigenvalue weighted by atomic mass is 19.1. The van der Waals surface area contributed by atoms with Gasteiger partial charge in [0, 0.05) is 6.20 Å². The van der Waals surface area contributed by atoms with E-state index in [-0.39, 0.29) is 11.9 Å². The summed E-state index contributed by atoms with van der Waals surface area (Å²) in [6.07, 6.45) is 3.91. The SMILES string of the molecule is CCC1Nc2cccnc2C=C1F. The maximum absolute atomic E-state index is 13.3. The molecule has 1 atom stereocenters. The van der Waals surface area contributed by atoms with Gasteiger partial charge in [-0.25, -0.2) is 4.39 Å². The Labute approximate surface area is 76.5 Å². The predicted molar refractivity (Wildman–Crippen MR) is 51.0 cm³/mol. The van der Waals surface area contributed by atoms with Crippen molar-refractivity contribution in [2.75, 3.05) is 5.32 Å². The minimum absolute atomic E-state index is 0.131. The van der Waals surface area contributed by atoms with Crippen LogP contribution in [-0.2, 0) is 0 Å². The van der Waals surface area contributed by atoms with Crippen LogP contribution in [0.5, 0.6) is 0 Å². The molecule has 0 aromatic carbocycles. The fourth-order valence-electron chi connectivity index (χ4n) is 1.44. The van der Waals surface area contributed by atoms with Crippen molar-refractivity contribution in [1.82, 2.24) is 4.98 Å². The molecule has 0 aliphatic carbocycles. The number of rotatable bonds is 1. The van der Waals surface area contributed by atoms with E-state index in [1.165, 1.54) is 6.08 Å². The molecule has 0 radical (unpaired) electrons. The molecule has 0 bridgehead atoms. The zero-order valence-electron chi connectivity index (χ0n) is 7.42. The molecule has 1 aromatic heterocycles. The van der Waals surface area contributed by atoms with Crippen molar-refractivity contribution in [2.24, 2.45) is 0 Å². The van der Waals surface area contributed by atoms with Crippen molar-refractivity contribution in [3.05, 3.63) is 29.9 Å². The number of fused-ring (bicyclic) bond motifs is 1. The van der Waals surface area contributed by atoms with E-state index < -0.39 is 0 Å². The van der Waals surface area contributed by atoms with E-state index in [1.807, 2.05) is 19.1 Å². The third kappa shape index (κ3) is 1.41. The summed E-state index contributed by atoms with van der Waals surface area (Å²) in [5.41, 5.74) is 1.60. The van der Waals surface area contributed by atoms with Gasteiger partial charge in [0.05, 0.1) is 17.4 Å². The quantitative estimate of drug-likeness (QED) is 0.715. The monoisotopic (exact) mass is 178 g/mol. The molecule has 2 nitrogen and oxygen atoms in total. The molecular weight excluding hydrogens is 167 g/mol. The fourth-order valence-corrected chi connectivity index (χ4v) is 1.44. The number of nitrogens with zero attached hydrogens (tertiary/aromatic N) is 1. The van der Waals surface area contributed by atoms with Crippen molar-refractivity contribution in [1.29, 1.82) is 0 Å². The zero-order valence-corrected chi connectivity index (χ0v) is 7.42. The summed E-state index contributed by atoms with van der Waals surface area (Å²) < 4.78 is 13.3. The highest BCUT2D eigenvalue weighted by Gasteiger charge is 2.18. The number of nitrogens with one attached hydrogen (secondary N) is 1. The minimum atomic E-state index is -0.184. The van der Waals surface area contributed by atoms with E-state index in [0.29, 0.717) is 5.69 Å². The van der Waals surface area contributed by atoms with Crippen molar-refractivity contribution in [2.45, 2.75) is 19.4 Å². The van der Waals surface area contributed by atoms with Crippen LogP contribution in [0.25, 0.3) is 6.08 Å². The van der Waals surface area contributed by atoms with E-state index >= 15 is 0 Å². The first-order chi connectivity index (χ1) is 6.31. The molecule has 13 heavy (non-hydrogen) atoms. The van der Waals surface area contributed by atoms with Gasteiger partial charge in [0.15, 0.2) is 0 Å². The standard InChI is InChI=1S/C10H11FN2/c1-2-8-7(11)6-10-9(13-8)4-3-5-12-10/h3-6,8,13H,2H2,1H3. The Morgan fingerprint density at radius 3 is 3.23 bits per heavy atom.